The number of anilines is 1. The Bertz CT molecular complexity index is 730. The van der Waals surface area contributed by atoms with Gasteiger partial charge in [0.15, 0.2) is 11.7 Å². The molecule has 2 amide bonds. The zero-order valence-electron chi connectivity index (χ0n) is 12.1. The summed E-state index contributed by atoms with van der Waals surface area (Å²) in [5.41, 5.74) is 0.708. The van der Waals surface area contributed by atoms with Crippen molar-refractivity contribution in [2.24, 2.45) is 0 Å². The molecule has 0 bridgehead atoms. The molecule has 2 N–H and O–H groups in total. The van der Waals surface area contributed by atoms with Crippen molar-refractivity contribution in [2.45, 2.75) is 12.8 Å². The average molecular weight is 335 g/mol. The Balaban J connectivity index is 1.59. The SMILES string of the molecule is O=C(COc1ccc(F)cc1)Nc1nc2c(s1)C(=O)NCCC2. The molecule has 0 spiro atoms. The lowest BCUT2D eigenvalue weighted by molar-refractivity contribution is -0.118. The highest BCUT2D eigenvalue weighted by atomic mass is 32.1. The van der Waals surface area contributed by atoms with E-state index in [4.69, 9.17) is 4.74 Å². The lowest BCUT2D eigenvalue weighted by atomic mass is 10.2. The molecular formula is C15H14FN3O3S. The van der Waals surface area contributed by atoms with Crippen molar-refractivity contribution in [3.63, 3.8) is 0 Å². The summed E-state index contributed by atoms with van der Waals surface area (Å²) in [6.45, 7) is 0.414. The summed E-state index contributed by atoms with van der Waals surface area (Å²) in [7, 11) is 0. The van der Waals surface area contributed by atoms with Gasteiger partial charge in [-0.2, -0.15) is 0 Å². The number of rotatable bonds is 4. The number of aromatic nitrogens is 1. The average Bonchev–Trinajstić information content (AvgIpc) is 2.86. The topological polar surface area (TPSA) is 80.3 Å². The zero-order chi connectivity index (χ0) is 16.2. The fourth-order valence-electron chi connectivity index (χ4n) is 2.13. The van der Waals surface area contributed by atoms with Crippen molar-refractivity contribution in [1.82, 2.24) is 10.3 Å². The first kappa shape index (κ1) is 15.4. The molecule has 0 saturated carbocycles. The first-order valence-electron chi connectivity index (χ1n) is 7.08. The van der Waals surface area contributed by atoms with Crippen LogP contribution in [0.5, 0.6) is 5.75 Å². The molecule has 0 radical (unpaired) electrons. The first-order valence-corrected chi connectivity index (χ1v) is 7.89. The molecule has 1 aliphatic heterocycles. The van der Waals surface area contributed by atoms with E-state index >= 15 is 0 Å². The highest BCUT2D eigenvalue weighted by Crippen LogP contribution is 2.25. The zero-order valence-corrected chi connectivity index (χ0v) is 12.9. The smallest absolute Gasteiger partial charge is 0.264 e. The van der Waals surface area contributed by atoms with Crippen LogP contribution in [-0.2, 0) is 11.2 Å². The monoisotopic (exact) mass is 335 g/mol. The van der Waals surface area contributed by atoms with Gasteiger partial charge in [0.05, 0.1) is 5.69 Å². The summed E-state index contributed by atoms with van der Waals surface area (Å²) in [6.07, 6.45) is 1.52. The lowest BCUT2D eigenvalue weighted by Crippen LogP contribution is -2.21. The number of amides is 2. The number of nitrogens with zero attached hydrogens (tertiary/aromatic N) is 1. The van der Waals surface area contributed by atoms with E-state index in [-0.39, 0.29) is 18.3 Å². The van der Waals surface area contributed by atoms with Gasteiger partial charge in [0.2, 0.25) is 0 Å². The Morgan fingerprint density at radius 1 is 1.39 bits per heavy atom. The Morgan fingerprint density at radius 2 is 2.17 bits per heavy atom. The van der Waals surface area contributed by atoms with E-state index in [9.17, 15) is 14.0 Å². The van der Waals surface area contributed by atoms with Gasteiger partial charge in [-0.1, -0.05) is 11.3 Å². The van der Waals surface area contributed by atoms with Crippen molar-refractivity contribution in [3.05, 3.63) is 40.7 Å². The van der Waals surface area contributed by atoms with Gasteiger partial charge in [-0.25, -0.2) is 9.37 Å². The molecule has 1 aliphatic rings. The van der Waals surface area contributed by atoms with Crippen molar-refractivity contribution in [1.29, 1.82) is 0 Å². The summed E-state index contributed by atoms with van der Waals surface area (Å²) >= 11 is 1.15. The van der Waals surface area contributed by atoms with Crippen molar-refractivity contribution >= 4 is 28.3 Å². The Hall–Kier alpha value is -2.48. The van der Waals surface area contributed by atoms with Gasteiger partial charge in [-0.05, 0) is 37.1 Å². The number of benzene rings is 1. The predicted molar refractivity (Wildman–Crippen MR) is 83.3 cm³/mol. The molecule has 6 nitrogen and oxygen atoms in total. The van der Waals surface area contributed by atoms with Crippen LogP contribution in [0.25, 0.3) is 0 Å². The second-order valence-corrected chi connectivity index (χ2v) is 5.94. The van der Waals surface area contributed by atoms with Crippen LogP contribution >= 0.6 is 11.3 Å². The van der Waals surface area contributed by atoms with Gasteiger partial charge in [0.25, 0.3) is 11.8 Å². The predicted octanol–water partition coefficient (Wildman–Crippen LogP) is 1.98. The van der Waals surface area contributed by atoms with Crippen LogP contribution in [0.1, 0.15) is 21.8 Å². The number of hydrogen-bond acceptors (Lipinski definition) is 5. The summed E-state index contributed by atoms with van der Waals surface area (Å²) in [5.74, 6) is -0.517. The second-order valence-electron chi connectivity index (χ2n) is 4.95. The number of thiazole rings is 1. The molecule has 1 aromatic carbocycles. The van der Waals surface area contributed by atoms with E-state index in [2.05, 4.69) is 15.6 Å². The molecular weight excluding hydrogens is 321 g/mol. The molecule has 8 heteroatoms. The fourth-order valence-corrected chi connectivity index (χ4v) is 3.07. The molecule has 23 heavy (non-hydrogen) atoms. The van der Waals surface area contributed by atoms with Crippen LogP contribution in [0.15, 0.2) is 24.3 Å². The van der Waals surface area contributed by atoms with E-state index in [1.165, 1.54) is 24.3 Å². The second kappa shape index (κ2) is 6.74. The molecule has 3 rings (SSSR count). The highest BCUT2D eigenvalue weighted by molar-refractivity contribution is 7.17. The molecule has 2 aromatic rings. The number of carbonyl (C=O) groups excluding carboxylic acids is 2. The maximum absolute atomic E-state index is 12.8. The summed E-state index contributed by atoms with van der Waals surface area (Å²) in [6, 6.07) is 5.39. The number of carbonyl (C=O) groups is 2. The van der Waals surface area contributed by atoms with Crippen molar-refractivity contribution < 1.29 is 18.7 Å². The summed E-state index contributed by atoms with van der Waals surface area (Å²) in [4.78, 5) is 28.5. The molecule has 0 unspecified atom stereocenters. The summed E-state index contributed by atoms with van der Waals surface area (Å²) in [5, 5.41) is 5.77. The number of ether oxygens (including phenoxy) is 1. The third kappa shape index (κ3) is 3.84. The molecule has 120 valence electrons. The third-order valence-electron chi connectivity index (χ3n) is 3.21. The third-order valence-corrected chi connectivity index (χ3v) is 4.22. The van der Waals surface area contributed by atoms with Gasteiger partial charge >= 0.3 is 0 Å². The van der Waals surface area contributed by atoms with E-state index in [0.29, 0.717) is 34.4 Å². The Kier molecular flexibility index (Phi) is 4.52. The van der Waals surface area contributed by atoms with Gasteiger partial charge in [-0.15, -0.1) is 0 Å². The molecule has 0 saturated heterocycles. The standard InChI is InChI=1S/C15H14FN3O3S/c16-9-3-5-10(6-4-9)22-8-12(20)19-15-18-11-2-1-7-17-14(21)13(11)23-15/h3-6H,1-2,7-8H2,(H,17,21)(H,18,19,20). The Labute approximate surface area is 135 Å². The quantitative estimate of drug-likeness (QED) is 0.895. The largest absolute Gasteiger partial charge is 0.484 e. The fraction of sp³-hybridized carbons (Fsp3) is 0.267. The van der Waals surface area contributed by atoms with E-state index < -0.39 is 5.91 Å². The van der Waals surface area contributed by atoms with E-state index in [0.717, 1.165) is 17.8 Å². The number of halogens is 1. The lowest BCUT2D eigenvalue weighted by Gasteiger charge is -2.05. The normalized spacial score (nSPS) is 13.7. The molecule has 0 aliphatic carbocycles. The number of fused-ring (bicyclic) bond motifs is 1. The van der Waals surface area contributed by atoms with Gasteiger partial charge in [-0.3, -0.25) is 14.9 Å². The van der Waals surface area contributed by atoms with Crippen LogP contribution in [0.2, 0.25) is 0 Å². The minimum absolute atomic E-state index is 0.155. The van der Waals surface area contributed by atoms with E-state index in [1.807, 2.05) is 0 Å². The van der Waals surface area contributed by atoms with Crippen molar-refractivity contribution in [3.8, 4) is 5.75 Å². The van der Waals surface area contributed by atoms with Gasteiger partial charge in [0.1, 0.15) is 16.4 Å². The molecule has 0 atom stereocenters. The van der Waals surface area contributed by atoms with Crippen LogP contribution in [-0.4, -0.2) is 29.9 Å². The van der Waals surface area contributed by atoms with Crippen LogP contribution < -0.4 is 15.4 Å². The number of nitrogens with one attached hydrogen (secondary N) is 2. The molecule has 0 fully saturated rings. The minimum Gasteiger partial charge on any atom is -0.484 e. The van der Waals surface area contributed by atoms with Crippen LogP contribution in [0.3, 0.4) is 0 Å². The maximum atomic E-state index is 12.8. The maximum Gasteiger partial charge on any atom is 0.264 e. The van der Waals surface area contributed by atoms with Gasteiger partial charge < -0.3 is 10.1 Å². The van der Waals surface area contributed by atoms with Crippen LogP contribution in [0.4, 0.5) is 9.52 Å². The molecule has 2 heterocycles. The van der Waals surface area contributed by atoms with Crippen LogP contribution in [0, 0.1) is 5.82 Å². The minimum atomic E-state index is -0.390. The van der Waals surface area contributed by atoms with Gasteiger partial charge in [0, 0.05) is 6.54 Å². The van der Waals surface area contributed by atoms with Crippen molar-refractivity contribution in [2.75, 3.05) is 18.5 Å². The highest BCUT2D eigenvalue weighted by Gasteiger charge is 2.21. The number of aryl methyl sites for hydroxylation is 1. The number of hydrogen-bond donors (Lipinski definition) is 2. The van der Waals surface area contributed by atoms with E-state index in [1.54, 1.807) is 0 Å². The Morgan fingerprint density at radius 3 is 2.96 bits per heavy atom. The summed E-state index contributed by atoms with van der Waals surface area (Å²) < 4.78 is 18.0. The first-order chi connectivity index (χ1) is 11.1. The molecule has 1 aromatic heterocycles.